The van der Waals surface area contributed by atoms with Crippen molar-refractivity contribution in [3.8, 4) is 11.5 Å². The van der Waals surface area contributed by atoms with Gasteiger partial charge in [-0.1, -0.05) is 49.8 Å². The third-order valence-corrected chi connectivity index (χ3v) is 11.6. The molecule has 15 heteroatoms. The number of methoxy groups -OCH3 is 2. The van der Waals surface area contributed by atoms with Crippen molar-refractivity contribution < 1.29 is 37.1 Å². The van der Waals surface area contributed by atoms with Crippen LogP contribution in [0.4, 0.5) is 17.1 Å². The van der Waals surface area contributed by atoms with Crippen molar-refractivity contribution in [3.05, 3.63) is 137 Å². The van der Waals surface area contributed by atoms with Gasteiger partial charge in [-0.15, -0.1) is 0 Å². The number of nitrogens with zero attached hydrogens (tertiary/aromatic N) is 1. The number of anilines is 3. The molecule has 6 rings (SSSR count). The van der Waals surface area contributed by atoms with Gasteiger partial charge in [-0.05, 0) is 84.7 Å². The van der Waals surface area contributed by atoms with Crippen molar-refractivity contribution in [2.75, 3.05) is 36.5 Å². The number of unbranched alkanes of at least 4 members (excludes halogenated alkanes) is 2. The summed E-state index contributed by atoms with van der Waals surface area (Å²) in [6, 6.07) is 23.0. The number of nitrogens with two attached hydrogens (primary N) is 2. The average molecular weight is 819 g/mol. The highest BCUT2D eigenvalue weighted by Crippen LogP contribution is 2.37. The van der Waals surface area contributed by atoms with Gasteiger partial charge in [-0.25, -0.2) is 8.42 Å². The summed E-state index contributed by atoms with van der Waals surface area (Å²) in [5.74, 6) is -0.952. The van der Waals surface area contributed by atoms with Crippen LogP contribution in [0.1, 0.15) is 70.4 Å². The zero-order valence-corrected chi connectivity index (χ0v) is 33.7. The van der Waals surface area contributed by atoms with Crippen LogP contribution in [0, 0.1) is 5.92 Å². The Hall–Kier alpha value is -6.87. The summed E-state index contributed by atoms with van der Waals surface area (Å²) >= 11 is 0. The predicted molar refractivity (Wildman–Crippen MR) is 226 cm³/mol. The first-order chi connectivity index (χ1) is 28.3. The number of allylic oxidation sites excluding steroid dienone is 3. The van der Waals surface area contributed by atoms with Crippen LogP contribution < -0.4 is 36.3 Å². The number of sulfonamides is 1. The summed E-state index contributed by atoms with van der Waals surface area (Å²) in [5, 5.41) is 5.83. The maximum Gasteiger partial charge on any atom is 0.262 e. The van der Waals surface area contributed by atoms with Crippen LogP contribution in [-0.4, -0.2) is 57.7 Å². The van der Waals surface area contributed by atoms with Gasteiger partial charge in [0.15, 0.2) is 11.5 Å². The predicted octanol–water partition coefficient (Wildman–Crippen LogP) is 6.17. The quantitative estimate of drug-likeness (QED) is 0.0375. The van der Waals surface area contributed by atoms with E-state index in [2.05, 4.69) is 15.4 Å². The lowest BCUT2D eigenvalue weighted by atomic mass is 9.81. The summed E-state index contributed by atoms with van der Waals surface area (Å²) < 4.78 is 38.9. The molecule has 1 aliphatic carbocycles. The summed E-state index contributed by atoms with van der Waals surface area (Å²) in [6.07, 6.45) is 8.67. The minimum atomic E-state index is -3.92. The molecule has 2 unspecified atom stereocenters. The molecule has 0 saturated carbocycles. The van der Waals surface area contributed by atoms with Crippen LogP contribution in [0.15, 0.2) is 119 Å². The van der Waals surface area contributed by atoms with Gasteiger partial charge in [0, 0.05) is 48.3 Å². The van der Waals surface area contributed by atoms with Gasteiger partial charge in [0.1, 0.15) is 0 Å². The first-order valence-corrected chi connectivity index (χ1v) is 20.4. The van der Waals surface area contributed by atoms with Crippen LogP contribution in [0.2, 0.25) is 0 Å². The van der Waals surface area contributed by atoms with E-state index in [0.717, 1.165) is 5.56 Å². The van der Waals surface area contributed by atoms with Crippen LogP contribution in [0.5, 0.6) is 11.5 Å². The van der Waals surface area contributed by atoms with Crippen LogP contribution in [0.25, 0.3) is 6.08 Å². The number of rotatable bonds is 16. The molecule has 2 aliphatic rings. The molecule has 0 saturated heterocycles. The Morgan fingerprint density at radius 2 is 1.53 bits per heavy atom. The lowest BCUT2D eigenvalue weighted by Crippen LogP contribution is -2.31. The largest absolute Gasteiger partial charge is 0.493 e. The fourth-order valence-corrected chi connectivity index (χ4v) is 8.05. The van der Waals surface area contributed by atoms with Gasteiger partial charge in [0.2, 0.25) is 11.8 Å². The molecular formula is C44H46N6O8S. The molecule has 1 heterocycles. The molecule has 4 aromatic carbocycles. The van der Waals surface area contributed by atoms with E-state index in [1.807, 2.05) is 25.1 Å². The second-order valence-corrected chi connectivity index (χ2v) is 15.8. The number of imide groups is 1. The number of hydrogen-bond donors (Lipinski definition) is 5. The van der Waals surface area contributed by atoms with Gasteiger partial charge in [0.25, 0.3) is 21.8 Å². The summed E-state index contributed by atoms with van der Waals surface area (Å²) in [6.45, 7) is 2.23. The van der Waals surface area contributed by atoms with E-state index in [1.165, 1.54) is 43.4 Å². The van der Waals surface area contributed by atoms with Gasteiger partial charge in [-0.2, -0.15) is 0 Å². The van der Waals surface area contributed by atoms with Crippen molar-refractivity contribution in [3.63, 3.8) is 0 Å². The second kappa shape index (κ2) is 18.2. The molecule has 7 N–H and O–H groups in total. The first kappa shape index (κ1) is 41.8. The van der Waals surface area contributed by atoms with Crippen molar-refractivity contribution in [1.82, 2.24) is 10.2 Å². The Morgan fingerprint density at radius 1 is 0.831 bits per heavy atom. The summed E-state index contributed by atoms with van der Waals surface area (Å²) in [7, 11) is -1.04. The van der Waals surface area contributed by atoms with Crippen molar-refractivity contribution in [2.24, 2.45) is 11.7 Å². The molecule has 0 spiro atoms. The smallest absolute Gasteiger partial charge is 0.262 e. The standard InChI is InChI=1S/C44H46N6O8S/c1-27-32(29-15-20-35(45)37(25-29)47-40(51)11-5-4-8-24-50-43(53)33-9-6-7-10-34(33)44(50)54)19-21-36(46)42(27)48-41(52)23-14-28-12-16-30(17-13-28)49-59(55,56)31-18-22-38(57-2)39(26-31)58-3/h6-7,9-10,12-23,25-27,32,49H,4-5,8,11,24,45-46H2,1-3H3,(H,47,51)(H,48,52)/b23-14+. The molecule has 306 valence electrons. The van der Waals surface area contributed by atoms with Gasteiger partial charge >= 0.3 is 0 Å². The van der Waals surface area contributed by atoms with Gasteiger partial charge in [-0.3, -0.25) is 28.8 Å². The van der Waals surface area contributed by atoms with Crippen molar-refractivity contribution in [2.45, 2.75) is 43.4 Å². The van der Waals surface area contributed by atoms with Crippen molar-refractivity contribution in [1.29, 1.82) is 0 Å². The minimum absolute atomic E-state index is 0.00240. The van der Waals surface area contributed by atoms with E-state index in [9.17, 15) is 27.6 Å². The molecule has 1 aliphatic heterocycles. The number of ether oxygens (including phenoxy) is 2. The normalized spacial score (nSPS) is 16.3. The van der Waals surface area contributed by atoms with Crippen LogP contribution >= 0.6 is 0 Å². The van der Waals surface area contributed by atoms with Gasteiger partial charge in [0.05, 0.1) is 47.3 Å². The first-order valence-electron chi connectivity index (χ1n) is 19.0. The average Bonchev–Trinajstić information content (AvgIpc) is 3.47. The third kappa shape index (κ3) is 9.64. The maximum absolute atomic E-state index is 13.1. The number of amides is 4. The molecule has 2 atom stereocenters. The monoisotopic (exact) mass is 818 g/mol. The zero-order chi connectivity index (χ0) is 42.3. The number of fused-ring (bicyclic) bond motifs is 1. The molecule has 0 radical (unpaired) electrons. The number of carbonyl (C=O) groups is 4. The highest BCUT2D eigenvalue weighted by molar-refractivity contribution is 7.92. The molecule has 59 heavy (non-hydrogen) atoms. The van der Waals surface area contributed by atoms with Crippen LogP contribution in [-0.2, 0) is 19.6 Å². The molecule has 0 aromatic heterocycles. The lowest BCUT2D eigenvalue weighted by Gasteiger charge is -2.29. The van der Waals surface area contributed by atoms with E-state index in [-0.39, 0.29) is 46.6 Å². The van der Waals surface area contributed by atoms with E-state index in [0.29, 0.717) is 76.7 Å². The third-order valence-electron chi connectivity index (χ3n) is 10.2. The maximum atomic E-state index is 13.1. The fourth-order valence-electron chi connectivity index (χ4n) is 6.98. The van der Waals surface area contributed by atoms with E-state index < -0.39 is 15.9 Å². The zero-order valence-electron chi connectivity index (χ0n) is 32.9. The number of carbonyl (C=O) groups excluding carboxylic acids is 4. The Morgan fingerprint density at radius 3 is 2.20 bits per heavy atom. The number of benzene rings is 4. The second-order valence-electron chi connectivity index (χ2n) is 14.1. The Labute approximate surface area is 343 Å². The summed E-state index contributed by atoms with van der Waals surface area (Å²) in [5.41, 5.74) is 17.1. The molecule has 4 aromatic rings. The Bertz CT molecular complexity index is 2440. The summed E-state index contributed by atoms with van der Waals surface area (Å²) in [4.78, 5) is 52.5. The molecular weight excluding hydrogens is 773 g/mol. The molecule has 4 amide bonds. The minimum Gasteiger partial charge on any atom is -0.493 e. The fraction of sp³-hybridized carbons (Fsp3) is 0.227. The SMILES string of the molecule is COc1ccc(S(=O)(=O)Nc2ccc(/C=C/C(=O)NC3=C(N)C=CC(c4ccc(N)c(NC(=O)CCCCCN5C(=O)c6ccccc6C5=O)c4)C3C)cc2)cc1OC. The van der Waals surface area contributed by atoms with Gasteiger partial charge < -0.3 is 31.6 Å². The number of hydrogen-bond acceptors (Lipinski definition) is 10. The molecule has 14 nitrogen and oxygen atoms in total. The number of nitrogen functional groups attached to an aromatic ring is 1. The number of nitrogens with one attached hydrogen (secondary N) is 3. The van der Waals surface area contributed by atoms with Crippen LogP contribution in [0.3, 0.4) is 0 Å². The highest BCUT2D eigenvalue weighted by Gasteiger charge is 2.34. The molecule has 0 fully saturated rings. The molecule has 0 bridgehead atoms. The van der Waals surface area contributed by atoms with Crippen molar-refractivity contribution >= 4 is 56.8 Å². The highest BCUT2D eigenvalue weighted by atomic mass is 32.2. The Balaban J connectivity index is 0.994. The topological polar surface area (TPSA) is 212 Å². The van der Waals surface area contributed by atoms with E-state index >= 15 is 0 Å². The van der Waals surface area contributed by atoms with E-state index in [1.54, 1.807) is 66.7 Å². The lowest BCUT2D eigenvalue weighted by molar-refractivity contribution is -0.117. The van der Waals surface area contributed by atoms with E-state index in [4.69, 9.17) is 20.9 Å². The Kier molecular flexibility index (Phi) is 12.8.